The lowest BCUT2D eigenvalue weighted by Gasteiger charge is -2.14. The molecule has 0 aromatic heterocycles. The highest BCUT2D eigenvalue weighted by Gasteiger charge is 2.19. The Balaban J connectivity index is 1.60. The number of nitrogens with one attached hydrogen (secondary N) is 1. The van der Waals surface area contributed by atoms with Crippen molar-refractivity contribution < 1.29 is 14.5 Å². The molecular weight excluding hydrogens is 438 g/mol. The van der Waals surface area contributed by atoms with Crippen molar-refractivity contribution in [3.05, 3.63) is 69.8 Å². The SMILES string of the molecule is CC(C)c1ccccc1Sc1ccc(/C=C/C(=O)NCCCN2CCCC2=O)cc1[N+](=O)[O-]. The molecular formula is C25H29N3O4S. The molecule has 1 heterocycles. The van der Waals surface area contributed by atoms with Crippen molar-refractivity contribution in [2.45, 2.75) is 48.8 Å². The van der Waals surface area contributed by atoms with Crippen LogP contribution in [0.1, 0.15) is 50.2 Å². The van der Waals surface area contributed by atoms with E-state index < -0.39 is 4.92 Å². The zero-order chi connectivity index (χ0) is 23.8. The number of amides is 2. The Hall–Kier alpha value is -3.13. The maximum atomic E-state index is 12.1. The van der Waals surface area contributed by atoms with Crippen molar-refractivity contribution in [1.82, 2.24) is 10.2 Å². The Morgan fingerprint density at radius 2 is 2.03 bits per heavy atom. The number of likely N-dealkylation sites (tertiary alicyclic amines) is 1. The molecule has 33 heavy (non-hydrogen) atoms. The number of benzene rings is 2. The Bertz CT molecular complexity index is 1050. The fraction of sp³-hybridized carbons (Fsp3) is 0.360. The smallest absolute Gasteiger partial charge is 0.283 e. The molecule has 0 aliphatic carbocycles. The third-order valence-corrected chi connectivity index (χ3v) is 6.60. The van der Waals surface area contributed by atoms with E-state index in [2.05, 4.69) is 19.2 Å². The van der Waals surface area contributed by atoms with Crippen molar-refractivity contribution in [2.75, 3.05) is 19.6 Å². The monoisotopic (exact) mass is 467 g/mol. The summed E-state index contributed by atoms with van der Waals surface area (Å²) in [5.41, 5.74) is 1.74. The predicted molar refractivity (Wildman–Crippen MR) is 130 cm³/mol. The minimum absolute atomic E-state index is 0.0106. The van der Waals surface area contributed by atoms with Crippen LogP contribution < -0.4 is 5.32 Å². The number of carbonyl (C=O) groups excluding carboxylic acids is 2. The summed E-state index contributed by atoms with van der Waals surface area (Å²) in [6, 6.07) is 12.9. The van der Waals surface area contributed by atoms with Crippen molar-refractivity contribution in [3.63, 3.8) is 0 Å². The highest BCUT2D eigenvalue weighted by molar-refractivity contribution is 7.99. The molecule has 0 radical (unpaired) electrons. The van der Waals surface area contributed by atoms with Gasteiger partial charge in [-0.05, 0) is 48.1 Å². The van der Waals surface area contributed by atoms with Crippen molar-refractivity contribution >= 4 is 35.3 Å². The minimum Gasteiger partial charge on any atom is -0.352 e. The summed E-state index contributed by atoms with van der Waals surface area (Å²) in [5, 5.41) is 14.5. The highest BCUT2D eigenvalue weighted by atomic mass is 32.2. The molecule has 1 aliphatic rings. The van der Waals surface area contributed by atoms with E-state index in [0.29, 0.717) is 42.3 Å². The van der Waals surface area contributed by atoms with Gasteiger partial charge in [0.25, 0.3) is 5.69 Å². The van der Waals surface area contributed by atoms with Crippen LogP contribution in [-0.4, -0.2) is 41.3 Å². The van der Waals surface area contributed by atoms with Gasteiger partial charge in [-0.15, -0.1) is 0 Å². The highest BCUT2D eigenvalue weighted by Crippen LogP contribution is 2.38. The van der Waals surface area contributed by atoms with Gasteiger partial charge in [-0.3, -0.25) is 19.7 Å². The first-order valence-corrected chi connectivity index (χ1v) is 12.0. The van der Waals surface area contributed by atoms with Gasteiger partial charge in [0.15, 0.2) is 0 Å². The maximum absolute atomic E-state index is 12.1. The number of carbonyl (C=O) groups is 2. The first-order chi connectivity index (χ1) is 15.8. The molecule has 1 N–H and O–H groups in total. The molecule has 0 saturated carbocycles. The number of nitro benzene ring substituents is 1. The topological polar surface area (TPSA) is 92.6 Å². The van der Waals surface area contributed by atoms with E-state index in [9.17, 15) is 19.7 Å². The van der Waals surface area contributed by atoms with Gasteiger partial charge in [-0.2, -0.15) is 0 Å². The van der Waals surface area contributed by atoms with E-state index in [-0.39, 0.29) is 17.5 Å². The molecule has 0 spiro atoms. The summed E-state index contributed by atoms with van der Waals surface area (Å²) in [5.74, 6) is 0.219. The fourth-order valence-corrected chi connectivity index (χ4v) is 4.87. The molecule has 2 amide bonds. The molecule has 2 aromatic rings. The van der Waals surface area contributed by atoms with Crippen LogP contribution in [0.15, 0.2) is 58.3 Å². The lowest BCUT2D eigenvalue weighted by molar-refractivity contribution is -0.387. The summed E-state index contributed by atoms with van der Waals surface area (Å²) in [7, 11) is 0. The van der Waals surface area contributed by atoms with Gasteiger partial charge < -0.3 is 10.2 Å². The summed E-state index contributed by atoms with van der Waals surface area (Å²) < 4.78 is 0. The molecule has 7 nitrogen and oxygen atoms in total. The Morgan fingerprint density at radius 3 is 2.73 bits per heavy atom. The predicted octanol–water partition coefficient (Wildman–Crippen LogP) is 5.01. The van der Waals surface area contributed by atoms with Crippen LogP contribution in [0.4, 0.5) is 5.69 Å². The van der Waals surface area contributed by atoms with E-state index in [1.54, 1.807) is 18.2 Å². The second-order valence-corrected chi connectivity index (χ2v) is 9.32. The maximum Gasteiger partial charge on any atom is 0.283 e. The third-order valence-electron chi connectivity index (χ3n) is 5.44. The zero-order valence-electron chi connectivity index (χ0n) is 19.0. The average molecular weight is 468 g/mol. The molecule has 3 rings (SSSR count). The van der Waals surface area contributed by atoms with Crippen LogP contribution in [0.3, 0.4) is 0 Å². The van der Waals surface area contributed by atoms with Crippen LogP contribution in [0, 0.1) is 10.1 Å². The summed E-state index contributed by atoms with van der Waals surface area (Å²) in [4.78, 5) is 38.3. The molecule has 0 atom stereocenters. The fourth-order valence-electron chi connectivity index (χ4n) is 3.69. The van der Waals surface area contributed by atoms with E-state index in [1.807, 2.05) is 29.2 Å². The Morgan fingerprint density at radius 1 is 1.24 bits per heavy atom. The van der Waals surface area contributed by atoms with Crippen LogP contribution in [0.2, 0.25) is 0 Å². The molecule has 0 bridgehead atoms. The lowest BCUT2D eigenvalue weighted by Crippen LogP contribution is -2.29. The van der Waals surface area contributed by atoms with E-state index >= 15 is 0 Å². The van der Waals surface area contributed by atoms with Crippen molar-refractivity contribution in [3.8, 4) is 0 Å². The second kappa shape index (κ2) is 11.7. The number of nitro groups is 1. The minimum atomic E-state index is -0.391. The van der Waals surface area contributed by atoms with Crippen LogP contribution >= 0.6 is 11.8 Å². The van der Waals surface area contributed by atoms with Gasteiger partial charge in [0.05, 0.1) is 9.82 Å². The molecule has 1 aliphatic heterocycles. The summed E-state index contributed by atoms with van der Waals surface area (Å²) in [6.45, 7) is 6.10. The standard InChI is InChI=1S/C25H29N3O4S/c1-18(2)20-7-3-4-8-22(20)33-23-12-10-19(17-21(23)28(31)32)11-13-24(29)26-14-6-16-27-15-5-9-25(27)30/h3-4,7-8,10-13,17-18H,5-6,9,14-16H2,1-2H3,(H,26,29)/b13-11+. The number of hydrogen-bond donors (Lipinski definition) is 1. The molecule has 0 unspecified atom stereocenters. The largest absolute Gasteiger partial charge is 0.352 e. The lowest BCUT2D eigenvalue weighted by atomic mass is 10.0. The van der Waals surface area contributed by atoms with Gasteiger partial charge in [0.2, 0.25) is 11.8 Å². The van der Waals surface area contributed by atoms with Gasteiger partial charge >= 0.3 is 0 Å². The van der Waals surface area contributed by atoms with Crippen molar-refractivity contribution in [2.24, 2.45) is 0 Å². The average Bonchev–Trinajstić information content (AvgIpc) is 3.20. The molecule has 2 aromatic carbocycles. The third kappa shape index (κ3) is 6.92. The number of nitrogens with zero attached hydrogens (tertiary/aromatic N) is 2. The normalized spacial score (nSPS) is 13.8. The van der Waals surface area contributed by atoms with Gasteiger partial charge in [-0.25, -0.2) is 0 Å². The second-order valence-electron chi connectivity index (χ2n) is 8.24. The van der Waals surface area contributed by atoms with Gasteiger partial charge in [0, 0.05) is 43.1 Å². The summed E-state index contributed by atoms with van der Waals surface area (Å²) >= 11 is 1.38. The number of rotatable bonds is 10. The Labute approximate surface area is 198 Å². The van der Waals surface area contributed by atoms with Crippen LogP contribution in [0.25, 0.3) is 6.08 Å². The van der Waals surface area contributed by atoms with E-state index in [4.69, 9.17) is 0 Å². The van der Waals surface area contributed by atoms with Crippen LogP contribution in [-0.2, 0) is 9.59 Å². The van der Waals surface area contributed by atoms with E-state index in [0.717, 1.165) is 23.4 Å². The number of hydrogen-bond acceptors (Lipinski definition) is 5. The van der Waals surface area contributed by atoms with Crippen molar-refractivity contribution in [1.29, 1.82) is 0 Å². The molecule has 1 fully saturated rings. The zero-order valence-corrected chi connectivity index (χ0v) is 19.8. The first-order valence-electron chi connectivity index (χ1n) is 11.1. The molecule has 1 saturated heterocycles. The van der Waals surface area contributed by atoms with Gasteiger partial charge in [-0.1, -0.05) is 49.9 Å². The van der Waals surface area contributed by atoms with Crippen LogP contribution in [0.5, 0.6) is 0 Å². The molecule has 8 heteroatoms. The Kier molecular flexibility index (Phi) is 8.65. The molecule has 174 valence electrons. The van der Waals surface area contributed by atoms with Gasteiger partial charge in [0.1, 0.15) is 0 Å². The van der Waals surface area contributed by atoms with E-state index in [1.165, 1.54) is 23.9 Å². The first kappa shape index (κ1) is 24.5. The quantitative estimate of drug-likeness (QED) is 0.229. The summed E-state index contributed by atoms with van der Waals surface area (Å²) in [6.07, 6.45) is 5.16.